The Bertz CT molecular complexity index is 395. The van der Waals surface area contributed by atoms with E-state index in [0.717, 1.165) is 37.5 Å². The quantitative estimate of drug-likeness (QED) is 0.226. The number of rotatable bonds is 14. The molecule has 0 atom stereocenters. The van der Waals surface area contributed by atoms with Gasteiger partial charge in [0.2, 0.25) is 0 Å². The van der Waals surface area contributed by atoms with Gasteiger partial charge in [0.1, 0.15) is 0 Å². The molecule has 0 aromatic rings. The van der Waals surface area contributed by atoms with Gasteiger partial charge in [0.15, 0.2) is 0 Å². The Hall–Kier alpha value is -1.58. The Morgan fingerprint density at radius 3 is 1.85 bits per heavy atom. The SMILES string of the molecule is C=C(CCCCCC(C)C)C(=O)O.C=CC(=O)OCCCCCC(C)C. The standard InChI is InChI=1S/2C11H20O2/c1-9(2)7-5-4-6-8-10(3)11(12)13;1-4-11(12)13-9-7-5-6-8-10(2)3/h9H,3-8H2,1-2H3,(H,12,13);4,10H,1,5-9H2,2-3H3. The number of esters is 1. The van der Waals surface area contributed by atoms with Crippen molar-refractivity contribution in [2.75, 3.05) is 6.61 Å². The lowest BCUT2D eigenvalue weighted by atomic mass is 10.0. The van der Waals surface area contributed by atoms with Gasteiger partial charge in [-0.1, -0.05) is 79.4 Å². The Kier molecular flexibility index (Phi) is 18.7. The average Bonchev–Trinajstić information content (AvgIpc) is 2.57. The van der Waals surface area contributed by atoms with Crippen LogP contribution in [0, 0.1) is 11.8 Å². The van der Waals surface area contributed by atoms with E-state index in [0.29, 0.717) is 18.6 Å². The summed E-state index contributed by atoms with van der Waals surface area (Å²) in [6.45, 7) is 16.2. The molecule has 0 spiro atoms. The molecule has 0 aromatic carbocycles. The van der Waals surface area contributed by atoms with Gasteiger partial charge in [-0.15, -0.1) is 0 Å². The van der Waals surface area contributed by atoms with Gasteiger partial charge in [-0.3, -0.25) is 0 Å². The number of hydrogen-bond acceptors (Lipinski definition) is 3. The monoisotopic (exact) mass is 368 g/mol. The Balaban J connectivity index is 0. The van der Waals surface area contributed by atoms with E-state index in [2.05, 4.69) is 40.9 Å². The van der Waals surface area contributed by atoms with Crippen LogP contribution in [0.3, 0.4) is 0 Å². The number of carbonyl (C=O) groups is 2. The van der Waals surface area contributed by atoms with E-state index in [1.54, 1.807) is 0 Å². The third-order valence-electron chi connectivity index (χ3n) is 3.90. The van der Waals surface area contributed by atoms with Gasteiger partial charge in [-0.05, 0) is 31.1 Å². The van der Waals surface area contributed by atoms with Crippen LogP contribution in [-0.4, -0.2) is 23.7 Å². The highest BCUT2D eigenvalue weighted by Crippen LogP contribution is 2.12. The van der Waals surface area contributed by atoms with Gasteiger partial charge in [-0.25, -0.2) is 9.59 Å². The molecule has 4 nitrogen and oxygen atoms in total. The first kappa shape index (κ1) is 26.6. The molecule has 0 unspecified atom stereocenters. The zero-order valence-electron chi connectivity index (χ0n) is 17.4. The highest BCUT2D eigenvalue weighted by molar-refractivity contribution is 5.85. The van der Waals surface area contributed by atoms with Gasteiger partial charge in [0, 0.05) is 11.6 Å². The Morgan fingerprint density at radius 2 is 1.42 bits per heavy atom. The highest BCUT2D eigenvalue weighted by atomic mass is 16.5. The molecule has 152 valence electrons. The zero-order chi connectivity index (χ0) is 20.4. The minimum absolute atomic E-state index is 0.316. The topological polar surface area (TPSA) is 63.6 Å². The van der Waals surface area contributed by atoms with Crippen molar-refractivity contribution in [1.29, 1.82) is 0 Å². The van der Waals surface area contributed by atoms with Crippen LogP contribution in [0.25, 0.3) is 0 Å². The minimum Gasteiger partial charge on any atom is -0.478 e. The van der Waals surface area contributed by atoms with Crippen molar-refractivity contribution in [3.8, 4) is 0 Å². The second kappa shape index (κ2) is 18.2. The fraction of sp³-hybridized carbons (Fsp3) is 0.727. The van der Waals surface area contributed by atoms with Crippen molar-refractivity contribution in [3.63, 3.8) is 0 Å². The zero-order valence-corrected chi connectivity index (χ0v) is 17.4. The molecule has 0 radical (unpaired) electrons. The summed E-state index contributed by atoms with van der Waals surface area (Å²) < 4.78 is 4.84. The fourth-order valence-corrected chi connectivity index (χ4v) is 2.24. The fourth-order valence-electron chi connectivity index (χ4n) is 2.24. The van der Waals surface area contributed by atoms with E-state index < -0.39 is 5.97 Å². The molecule has 0 saturated carbocycles. The van der Waals surface area contributed by atoms with Crippen molar-refractivity contribution in [2.24, 2.45) is 11.8 Å². The molecule has 0 amide bonds. The van der Waals surface area contributed by atoms with E-state index in [1.807, 2.05) is 0 Å². The van der Waals surface area contributed by atoms with Crippen LogP contribution in [0.1, 0.15) is 85.5 Å². The predicted molar refractivity (Wildman–Crippen MR) is 109 cm³/mol. The molecule has 26 heavy (non-hydrogen) atoms. The van der Waals surface area contributed by atoms with E-state index in [4.69, 9.17) is 9.84 Å². The number of hydrogen-bond donors (Lipinski definition) is 1. The summed E-state index contributed by atoms with van der Waals surface area (Å²) in [5, 5.41) is 8.53. The van der Waals surface area contributed by atoms with Crippen molar-refractivity contribution >= 4 is 11.9 Å². The first-order chi connectivity index (χ1) is 12.2. The summed E-state index contributed by atoms with van der Waals surface area (Å²) in [5.41, 5.74) is 0.338. The molecule has 0 heterocycles. The second-order valence-electron chi connectivity index (χ2n) is 7.52. The molecule has 0 aliphatic rings. The normalized spacial score (nSPS) is 10.2. The van der Waals surface area contributed by atoms with Crippen LogP contribution in [-0.2, 0) is 14.3 Å². The van der Waals surface area contributed by atoms with Crippen LogP contribution >= 0.6 is 0 Å². The summed E-state index contributed by atoms with van der Waals surface area (Å²) in [6, 6.07) is 0. The first-order valence-electron chi connectivity index (χ1n) is 9.90. The molecule has 1 N–H and O–H groups in total. The van der Waals surface area contributed by atoms with Gasteiger partial charge >= 0.3 is 11.9 Å². The molecule has 0 rings (SSSR count). The third kappa shape index (κ3) is 22.4. The third-order valence-corrected chi connectivity index (χ3v) is 3.90. The lowest BCUT2D eigenvalue weighted by molar-refractivity contribution is -0.138. The number of carboxylic acid groups (broad SMARTS) is 1. The summed E-state index contributed by atoms with van der Waals surface area (Å²) in [4.78, 5) is 21.0. The Labute approximate surface area is 160 Å². The maximum atomic E-state index is 10.6. The molecule has 0 saturated heterocycles. The summed E-state index contributed by atoms with van der Waals surface area (Å²) >= 11 is 0. The lowest BCUT2D eigenvalue weighted by Gasteiger charge is -2.04. The maximum absolute atomic E-state index is 10.6. The predicted octanol–water partition coefficient (Wildman–Crippen LogP) is 6.17. The van der Waals surface area contributed by atoms with E-state index in [1.165, 1.54) is 31.8 Å². The molecule has 0 aliphatic carbocycles. The second-order valence-corrected chi connectivity index (χ2v) is 7.52. The van der Waals surface area contributed by atoms with Gasteiger partial charge in [0.25, 0.3) is 0 Å². The molecule has 0 bridgehead atoms. The molecule has 4 heteroatoms. The molecule has 0 aliphatic heterocycles. The molecular weight excluding hydrogens is 328 g/mol. The highest BCUT2D eigenvalue weighted by Gasteiger charge is 2.02. The maximum Gasteiger partial charge on any atom is 0.330 e. The number of unbranched alkanes of at least 4 members (excludes halogenated alkanes) is 4. The van der Waals surface area contributed by atoms with Crippen molar-refractivity contribution in [3.05, 3.63) is 24.8 Å². The van der Waals surface area contributed by atoms with Crippen molar-refractivity contribution < 1.29 is 19.4 Å². The lowest BCUT2D eigenvalue weighted by Crippen LogP contribution is -2.01. The number of ether oxygens (including phenoxy) is 1. The Morgan fingerprint density at radius 1 is 0.923 bits per heavy atom. The number of carbonyl (C=O) groups excluding carboxylic acids is 1. The molecule has 0 fully saturated rings. The van der Waals surface area contributed by atoms with E-state index in [9.17, 15) is 9.59 Å². The van der Waals surface area contributed by atoms with Crippen molar-refractivity contribution in [1.82, 2.24) is 0 Å². The van der Waals surface area contributed by atoms with Crippen LogP contribution in [0.2, 0.25) is 0 Å². The first-order valence-corrected chi connectivity index (χ1v) is 9.90. The van der Waals surface area contributed by atoms with Gasteiger partial charge in [0.05, 0.1) is 6.61 Å². The smallest absolute Gasteiger partial charge is 0.330 e. The summed E-state index contributed by atoms with van der Waals surface area (Å²) in [5.74, 6) is 0.353. The van der Waals surface area contributed by atoms with E-state index in [-0.39, 0.29) is 5.97 Å². The van der Waals surface area contributed by atoms with Crippen LogP contribution in [0.5, 0.6) is 0 Å². The number of aliphatic carboxylic acids is 1. The molecular formula is C22H40O4. The molecule has 0 aromatic heterocycles. The summed E-state index contributed by atoms with van der Waals surface area (Å²) in [6.07, 6.45) is 10.9. The van der Waals surface area contributed by atoms with Crippen LogP contribution in [0.4, 0.5) is 0 Å². The average molecular weight is 369 g/mol. The van der Waals surface area contributed by atoms with Crippen molar-refractivity contribution in [2.45, 2.75) is 85.5 Å². The largest absolute Gasteiger partial charge is 0.478 e. The van der Waals surface area contributed by atoms with Crippen LogP contribution < -0.4 is 0 Å². The van der Waals surface area contributed by atoms with Gasteiger partial charge < -0.3 is 9.84 Å². The minimum atomic E-state index is -0.858. The van der Waals surface area contributed by atoms with E-state index >= 15 is 0 Å². The summed E-state index contributed by atoms with van der Waals surface area (Å²) in [7, 11) is 0. The van der Waals surface area contributed by atoms with Crippen LogP contribution in [0.15, 0.2) is 24.8 Å². The van der Waals surface area contributed by atoms with Gasteiger partial charge in [-0.2, -0.15) is 0 Å². The number of carboxylic acids is 1.